The van der Waals surface area contributed by atoms with E-state index in [1.165, 1.54) is 19.3 Å². The summed E-state index contributed by atoms with van der Waals surface area (Å²) in [5.74, 6) is 3.58. The second-order valence-electron chi connectivity index (χ2n) is 7.37. The minimum atomic E-state index is -0.00989. The molecule has 1 aromatic heterocycles. The Bertz CT molecular complexity index is 516. The predicted molar refractivity (Wildman–Crippen MR) is 76.7 cm³/mol. The van der Waals surface area contributed by atoms with E-state index in [2.05, 4.69) is 0 Å². The first-order valence-corrected chi connectivity index (χ1v) is 7.92. The molecule has 0 saturated heterocycles. The maximum absolute atomic E-state index is 12.9. The van der Waals surface area contributed by atoms with Crippen LogP contribution in [-0.4, -0.2) is 5.78 Å². The summed E-state index contributed by atoms with van der Waals surface area (Å²) in [6.07, 6.45) is 9.50. The molecule has 4 saturated carbocycles. The van der Waals surface area contributed by atoms with E-state index >= 15 is 0 Å². The van der Waals surface area contributed by atoms with Gasteiger partial charge in [-0.2, -0.15) is 0 Å². The summed E-state index contributed by atoms with van der Waals surface area (Å²) >= 11 is 0. The maximum atomic E-state index is 12.9. The van der Waals surface area contributed by atoms with Crippen LogP contribution in [-0.2, 0) is 11.3 Å². The molecule has 5 rings (SSSR count). The summed E-state index contributed by atoms with van der Waals surface area (Å²) in [5, 5.41) is 0. The van der Waals surface area contributed by atoms with E-state index in [1.54, 1.807) is 0 Å². The zero-order chi connectivity index (χ0) is 13.7. The quantitative estimate of drug-likeness (QED) is 0.858. The van der Waals surface area contributed by atoms with Crippen molar-refractivity contribution >= 4 is 11.6 Å². The van der Waals surface area contributed by atoms with Crippen molar-refractivity contribution in [1.82, 2.24) is 0 Å². The van der Waals surface area contributed by atoms with Crippen molar-refractivity contribution in [2.75, 3.05) is 5.73 Å². The molecule has 0 radical (unpaired) electrons. The standard InChI is InChI=1S/C17H22N2O/c18-16-3-1-2-4-19(16)11-15(20)17-8-12-5-13(9-17)7-14(6-12)10-17/h1-4,12-14,18H,5-11H2/p+1. The van der Waals surface area contributed by atoms with Gasteiger partial charge in [0.25, 0.3) is 5.82 Å². The van der Waals surface area contributed by atoms with Crippen molar-refractivity contribution in [3.05, 3.63) is 24.4 Å². The van der Waals surface area contributed by atoms with Crippen LogP contribution in [0.2, 0.25) is 0 Å². The molecular formula is C17H23N2O+. The zero-order valence-electron chi connectivity index (χ0n) is 11.9. The number of hydrogen-bond donors (Lipinski definition) is 1. The molecule has 4 aliphatic carbocycles. The van der Waals surface area contributed by atoms with Gasteiger partial charge >= 0.3 is 0 Å². The summed E-state index contributed by atoms with van der Waals surface area (Å²) in [6.45, 7) is 0.457. The normalized spacial score (nSPS) is 38.1. The third-order valence-electron chi connectivity index (χ3n) is 5.92. The molecule has 0 spiro atoms. The molecule has 4 aliphatic rings. The molecule has 106 valence electrons. The van der Waals surface area contributed by atoms with Crippen LogP contribution in [0.15, 0.2) is 24.4 Å². The fourth-order valence-electron chi connectivity index (χ4n) is 5.41. The van der Waals surface area contributed by atoms with E-state index in [-0.39, 0.29) is 5.41 Å². The van der Waals surface area contributed by atoms with Crippen molar-refractivity contribution in [3.63, 3.8) is 0 Å². The number of anilines is 1. The smallest absolute Gasteiger partial charge is 0.272 e. The third-order valence-corrected chi connectivity index (χ3v) is 5.92. The Morgan fingerprint density at radius 2 is 1.75 bits per heavy atom. The van der Waals surface area contributed by atoms with Crippen LogP contribution in [0.3, 0.4) is 0 Å². The average molecular weight is 271 g/mol. The molecule has 0 amide bonds. The summed E-state index contributed by atoms with van der Waals surface area (Å²) in [6, 6.07) is 5.73. The lowest BCUT2D eigenvalue weighted by molar-refractivity contribution is -0.670. The molecule has 4 fully saturated rings. The first kappa shape index (κ1) is 12.4. The third kappa shape index (κ3) is 1.87. The Morgan fingerprint density at radius 3 is 2.30 bits per heavy atom. The number of Topliss-reactive ketones (excluding diaryl/α,β-unsaturated/α-hetero) is 1. The van der Waals surface area contributed by atoms with Gasteiger partial charge in [0.15, 0.2) is 5.78 Å². The highest BCUT2D eigenvalue weighted by Gasteiger charge is 2.54. The fourth-order valence-corrected chi connectivity index (χ4v) is 5.41. The first-order valence-electron chi connectivity index (χ1n) is 7.92. The lowest BCUT2D eigenvalue weighted by atomic mass is 9.48. The van der Waals surface area contributed by atoms with Crippen molar-refractivity contribution in [1.29, 1.82) is 0 Å². The first-order chi connectivity index (χ1) is 9.64. The van der Waals surface area contributed by atoms with Crippen LogP contribution < -0.4 is 10.3 Å². The number of nitrogen functional groups attached to an aromatic ring is 1. The Kier molecular flexibility index (Phi) is 2.66. The number of nitrogens with two attached hydrogens (primary N) is 1. The number of carbonyl (C=O) groups is 1. The lowest BCUT2D eigenvalue weighted by Crippen LogP contribution is -2.54. The van der Waals surface area contributed by atoms with E-state index in [4.69, 9.17) is 5.73 Å². The van der Waals surface area contributed by atoms with Crippen LogP contribution >= 0.6 is 0 Å². The van der Waals surface area contributed by atoms with Crippen LogP contribution in [0.25, 0.3) is 0 Å². The van der Waals surface area contributed by atoms with Crippen LogP contribution in [0.5, 0.6) is 0 Å². The molecule has 20 heavy (non-hydrogen) atoms. The van der Waals surface area contributed by atoms with Gasteiger partial charge in [0.2, 0.25) is 0 Å². The van der Waals surface area contributed by atoms with Gasteiger partial charge in [0, 0.05) is 11.5 Å². The van der Waals surface area contributed by atoms with Crippen LogP contribution in [0.1, 0.15) is 38.5 Å². The van der Waals surface area contributed by atoms with Crippen molar-refractivity contribution in [2.45, 2.75) is 45.1 Å². The average Bonchev–Trinajstić information content (AvgIpc) is 2.40. The summed E-state index contributed by atoms with van der Waals surface area (Å²) in [7, 11) is 0. The topological polar surface area (TPSA) is 47.0 Å². The highest BCUT2D eigenvalue weighted by atomic mass is 16.1. The Labute approximate surface area is 120 Å². The Morgan fingerprint density at radius 1 is 1.15 bits per heavy atom. The lowest BCUT2D eigenvalue weighted by Gasteiger charge is -2.55. The number of nitrogens with zero attached hydrogens (tertiary/aromatic N) is 1. The highest BCUT2D eigenvalue weighted by molar-refractivity contribution is 5.84. The van der Waals surface area contributed by atoms with Gasteiger partial charge in [-0.1, -0.05) is 6.07 Å². The fraction of sp³-hybridized carbons (Fsp3) is 0.647. The molecule has 3 nitrogen and oxygen atoms in total. The minimum Gasteiger partial charge on any atom is -0.295 e. The van der Waals surface area contributed by atoms with Crippen molar-refractivity contribution < 1.29 is 9.36 Å². The molecule has 0 atom stereocenters. The molecule has 4 bridgehead atoms. The second-order valence-corrected chi connectivity index (χ2v) is 7.37. The summed E-state index contributed by atoms with van der Waals surface area (Å²) in [5.41, 5.74) is 5.96. The molecular weight excluding hydrogens is 248 g/mol. The van der Waals surface area contributed by atoms with Gasteiger partial charge in [0.1, 0.15) is 6.54 Å². The molecule has 1 heterocycles. The van der Waals surface area contributed by atoms with Gasteiger partial charge in [-0.15, -0.1) is 0 Å². The van der Waals surface area contributed by atoms with E-state index in [0.29, 0.717) is 18.1 Å². The van der Waals surface area contributed by atoms with Gasteiger partial charge in [0.05, 0.1) is 6.20 Å². The Hall–Kier alpha value is -1.38. The second kappa shape index (κ2) is 4.31. The predicted octanol–water partition coefficient (Wildman–Crippen LogP) is 2.34. The van der Waals surface area contributed by atoms with Gasteiger partial charge in [-0.3, -0.25) is 10.5 Å². The molecule has 1 aromatic rings. The van der Waals surface area contributed by atoms with E-state index in [0.717, 1.165) is 37.0 Å². The van der Waals surface area contributed by atoms with Crippen LogP contribution in [0, 0.1) is 23.2 Å². The monoisotopic (exact) mass is 271 g/mol. The van der Waals surface area contributed by atoms with Gasteiger partial charge < -0.3 is 0 Å². The Balaban J connectivity index is 1.58. The van der Waals surface area contributed by atoms with Crippen molar-refractivity contribution in [2.24, 2.45) is 23.2 Å². The summed E-state index contributed by atoms with van der Waals surface area (Å²) < 4.78 is 1.90. The summed E-state index contributed by atoms with van der Waals surface area (Å²) in [4.78, 5) is 12.9. The number of rotatable bonds is 3. The zero-order valence-corrected chi connectivity index (χ0v) is 11.9. The highest BCUT2D eigenvalue weighted by Crippen LogP contribution is 2.60. The molecule has 0 aliphatic heterocycles. The van der Waals surface area contributed by atoms with Gasteiger partial charge in [-0.05, 0) is 62.3 Å². The number of hydrogen-bond acceptors (Lipinski definition) is 2. The van der Waals surface area contributed by atoms with Crippen LogP contribution in [0.4, 0.5) is 5.82 Å². The van der Waals surface area contributed by atoms with E-state index in [9.17, 15) is 4.79 Å². The molecule has 3 heteroatoms. The van der Waals surface area contributed by atoms with Gasteiger partial charge in [-0.25, -0.2) is 4.57 Å². The molecule has 2 N–H and O–H groups in total. The molecule has 0 unspecified atom stereocenters. The largest absolute Gasteiger partial charge is 0.295 e. The number of carbonyl (C=O) groups excluding carboxylic acids is 1. The maximum Gasteiger partial charge on any atom is 0.272 e. The number of pyridine rings is 1. The SMILES string of the molecule is Nc1cccc[n+]1CC(=O)C12CC3CC(CC(C3)C1)C2. The minimum absolute atomic E-state index is 0.00989. The van der Waals surface area contributed by atoms with E-state index in [1.807, 2.05) is 29.0 Å². The molecule has 0 aromatic carbocycles. The number of aromatic nitrogens is 1. The number of ketones is 1. The van der Waals surface area contributed by atoms with Crippen molar-refractivity contribution in [3.8, 4) is 0 Å². The van der Waals surface area contributed by atoms with E-state index < -0.39 is 0 Å².